The van der Waals surface area contributed by atoms with Gasteiger partial charge in [0, 0.05) is 30.2 Å². The first-order valence-electron chi connectivity index (χ1n) is 6.97. The van der Waals surface area contributed by atoms with E-state index in [0.717, 1.165) is 32.5 Å². The lowest BCUT2D eigenvalue weighted by Gasteiger charge is -2.26. The first kappa shape index (κ1) is 13.0. The highest BCUT2D eigenvalue weighted by atomic mass is 32.2. The summed E-state index contributed by atoms with van der Waals surface area (Å²) in [5.74, 6) is 0.254. The molecule has 1 atom stereocenters. The van der Waals surface area contributed by atoms with Crippen molar-refractivity contribution in [3.63, 3.8) is 0 Å². The van der Waals surface area contributed by atoms with Gasteiger partial charge in [-0.05, 0) is 29.9 Å². The van der Waals surface area contributed by atoms with Gasteiger partial charge < -0.3 is 10.2 Å². The largest absolute Gasteiger partial charge is 0.312 e. The Morgan fingerprint density at radius 1 is 1.47 bits per heavy atom. The van der Waals surface area contributed by atoms with E-state index in [1.54, 1.807) is 11.8 Å². The van der Waals surface area contributed by atoms with E-state index >= 15 is 0 Å². The third-order valence-electron chi connectivity index (χ3n) is 4.02. The zero-order valence-electron chi connectivity index (χ0n) is 11.5. The molecule has 1 amide bonds. The molecule has 0 aromatic heterocycles. The van der Waals surface area contributed by atoms with Gasteiger partial charge in [-0.15, -0.1) is 11.8 Å². The predicted octanol–water partition coefficient (Wildman–Crippen LogP) is 2.29. The number of thioether (sulfide) groups is 1. The molecular weight excluding hydrogens is 256 g/mol. The quantitative estimate of drug-likeness (QED) is 0.858. The van der Waals surface area contributed by atoms with E-state index in [0.29, 0.717) is 0 Å². The van der Waals surface area contributed by atoms with Crippen LogP contribution in [0.15, 0.2) is 33.9 Å². The van der Waals surface area contributed by atoms with Gasteiger partial charge in [0.25, 0.3) is 0 Å². The standard InChI is InChI=1S/C15H20N2OS/c1-3-4-10-7-11-12-9-16-5-6-17(12)15(18)14(11)13(8-10)19-2/h7-8,14,16H,3-6,9H2,1-2H3. The number of allylic oxidation sites excluding steroid dienone is 3. The molecule has 0 bridgehead atoms. The second kappa shape index (κ2) is 5.17. The summed E-state index contributed by atoms with van der Waals surface area (Å²) in [6, 6.07) is 0. The maximum absolute atomic E-state index is 12.6. The molecule has 3 rings (SSSR count). The molecule has 3 aliphatic rings. The number of nitrogens with one attached hydrogen (secondary N) is 1. The van der Waals surface area contributed by atoms with Gasteiger partial charge in [-0.3, -0.25) is 4.79 Å². The Bertz CT molecular complexity index is 504. The first-order chi connectivity index (χ1) is 9.26. The SMILES string of the molecule is CCCC1=CC2=C3CNCCN3C(=O)C2C(SC)=C1. The minimum atomic E-state index is -0.0227. The van der Waals surface area contributed by atoms with Crippen LogP contribution in [0.4, 0.5) is 0 Å². The highest BCUT2D eigenvalue weighted by Crippen LogP contribution is 2.43. The molecule has 3 nitrogen and oxygen atoms in total. The predicted molar refractivity (Wildman–Crippen MR) is 79.7 cm³/mol. The Labute approximate surface area is 118 Å². The zero-order chi connectivity index (χ0) is 13.4. The first-order valence-corrected chi connectivity index (χ1v) is 8.20. The lowest BCUT2D eigenvalue weighted by molar-refractivity contribution is -0.129. The van der Waals surface area contributed by atoms with Gasteiger partial charge in [-0.25, -0.2) is 0 Å². The van der Waals surface area contributed by atoms with Crippen LogP contribution in [-0.2, 0) is 4.79 Å². The summed E-state index contributed by atoms with van der Waals surface area (Å²) in [5.41, 5.74) is 3.81. The van der Waals surface area contributed by atoms with E-state index in [9.17, 15) is 4.79 Å². The van der Waals surface area contributed by atoms with Gasteiger partial charge in [0.15, 0.2) is 0 Å². The van der Waals surface area contributed by atoms with Crippen LogP contribution in [0, 0.1) is 5.92 Å². The highest BCUT2D eigenvalue weighted by Gasteiger charge is 2.42. The number of carbonyl (C=O) groups excluding carboxylic acids is 1. The van der Waals surface area contributed by atoms with Crippen LogP contribution in [-0.4, -0.2) is 36.7 Å². The van der Waals surface area contributed by atoms with Crippen LogP contribution in [0.2, 0.25) is 0 Å². The Balaban J connectivity index is 2.04. The van der Waals surface area contributed by atoms with Crippen molar-refractivity contribution in [2.75, 3.05) is 25.9 Å². The fourth-order valence-corrected chi connectivity index (χ4v) is 3.88. The molecule has 1 unspecified atom stereocenters. The molecule has 102 valence electrons. The lowest BCUT2D eigenvalue weighted by atomic mass is 9.90. The van der Waals surface area contributed by atoms with Crippen LogP contribution in [0.5, 0.6) is 0 Å². The third-order valence-corrected chi connectivity index (χ3v) is 4.84. The smallest absolute Gasteiger partial charge is 0.239 e. The monoisotopic (exact) mass is 276 g/mol. The number of fused-ring (bicyclic) bond motifs is 2. The summed E-state index contributed by atoms with van der Waals surface area (Å²) >= 11 is 1.72. The van der Waals surface area contributed by atoms with Crippen molar-refractivity contribution in [2.45, 2.75) is 19.8 Å². The second-order valence-electron chi connectivity index (χ2n) is 5.22. The van der Waals surface area contributed by atoms with Crippen LogP contribution < -0.4 is 5.32 Å². The van der Waals surface area contributed by atoms with Crippen molar-refractivity contribution in [2.24, 2.45) is 5.92 Å². The number of hydrogen-bond acceptors (Lipinski definition) is 3. The number of piperazine rings is 1. The van der Waals surface area contributed by atoms with Gasteiger partial charge in [0.05, 0.1) is 5.92 Å². The summed E-state index contributed by atoms with van der Waals surface area (Å²) in [6.45, 7) is 4.74. The van der Waals surface area contributed by atoms with Crippen molar-refractivity contribution in [3.05, 3.63) is 33.9 Å². The molecule has 0 spiro atoms. The van der Waals surface area contributed by atoms with Crippen LogP contribution >= 0.6 is 11.8 Å². The number of carbonyl (C=O) groups is 1. The Morgan fingerprint density at radius 2 is 2.32 bits per heavy atom. The summed E-state index contributed by atoms with van der Waals surface area (Å²) in [6.07, 6.45) is 8.80. The molecule has 1 saturated heterocycles. The van der Waals surface area contributed by atoms with Gasteiger partial charge in [0.2, 0.25) is 5.91 Å². The minimum absolute atomic E-state index is 0.0227. The van der Waals surface area contributed by atoms with Gasteiger partial charge in [0.1, 0.15) is 0 Å². The molecule has 0 aromatic rings. The van der Waals surface area contributed by atoms with Crippen LogP contribution in [0.3, 0.4) is 0 Å². The average molecular weight is 276 g/mol. The van der Waals surface area contributed by atoms with Crippen molar-refractivity contribution < 1.29 is 4.79 Å². The van der Waals surface area contributed by atoms with Gasteiger partial charge >= 0.3 is 0 Å². The fraction of sp³-hybridized carbons (Fsp3) is 0.533. The molecular formula is C15H20N2OS. The minimum Gasteiger partial charge on any atom is -0.312 e. The van der Waals surface area contributed by atoms with Gasteiger partial charge in [-0.1, -0.05) is 19.4 Å². The summed E-state index contributed by atoms with van der Waals surface area (Å²) in [5, 5.41) is 3.38. The maximum Gasteiger partial charge on any atom is 0.239 e. The van der Waals surface area contributed by atoms with E-state index in [1.807, 2.05) is 4.90 Å². The molecule has 2 heterocycles. The van der Waals surface area contributed by atoms with E-state index in [1.165, 1.54) is 21.7 Å². The molecule has 0 aromatic carbocycles. The second-order valence-corrected chi connectivity index (χ2v) is 6.10. The maximum atomic E-state index is 12.6. The molecule has 4 heteroatoms. The molecule has 19 heavy (non-hydrogen) atoms. The number of rotatable bonds is 3. The van der Waals surface area contributed by atoms with Crippen LogP contribution in [0.25, 0.3) is 0 Å². The van der Waals surface area contributed by atoms with E-state index in [4.69, 9.17) is 0 Å². The number of amides is 1. The fourth-order valence-electron chi connectivity index (χ4n) is 3.14. The molecule has 0 radical (unpaired) electrons. The van der Waals surface area contributed by atoms with Crippen molar-refractivity contribution >= 4 is 17.7 Å². The Morgan fingerprint density at radius 3 is 3.05 bits per heavy atom. The highest BCUT2D eigenvalue weighted by molar-refractivity contribution is 8.02. The third kappa shape index (κ3) is 2.07. The van der Waals surface area contributed by atoms with Crippen molar-refractivity contribution in [3.8, 4) is 0 Å². The topological polar surface area (TPSA) is 32.3 Å². The summed E-state index contributed by atoms with van der Waals surface area (Å²) in [7, 11) is 0. The number of hydrogen-bond donors (Lipinski definition) is 1. The molecule has 0 saturated carbocycles. The normalized spacial score (nSPS) is 26.1. The molecule has 1 fully saturated rings. The van der Waals surface area contributed by atoms with Gasteiger partial charge in [-0.2, -0.15) is 0 Å². The van der Waals surface area contributed by atoms with E-state index in [2.05, 4.69) is 30.6 Å². The van der Waals surface area contributed by atoms with Crippen molar-refractivity contribution in [1.82, 2.24) is 10.2 Å². The van der Waals surface area contributed by atoms with Crippen LogP contribution in [0.1, 0.15) is 19.8 Å². The van der Waals surface area contributed by atoms with Crippen molar-refractivity contribution in [1.29, 1.82) is 0 Å². The Hall–Kier alpha value is -1.00. The lowest BCUT2D eigenvalue weighted by Crippen LogP contribution is -2.42. The average Bonchev–Trinajstić information content (AvgIpc) is 2.73. The molecule has 2 aliphatic heterocycles. The molecule has 1 aliphatic carbocycles. The zero-order valence-corrected chi connectivity index (χ0v) is 12.3. The summed E-state index contributed by atoms with van der Waals surface area (Å²) < 4.78 is 0. The van der Waals surface area contributed by atoms with E-state index < -0.39 is 0 Å². The molecule has 1 N–H and O–H groups in total. The Kier molecular flexibility index (Phi) is 3.54. The van der Waals surface area contributed by atoms with E-state index in [-0.39, 0.29) is 11.8 Å². The summed E-state index contributed by atoms with van der Waals surface area (Å²) in [4.78, 5) is 15.8. The number of nitrogens with zero attached hydrogens (tertiary/aromatic N) is 1.